The van der Waals surface area contributed by atoms with E-state index in [1.807, 2.05) is 24.3 Å². The highest BCUT2D eigenvalue weighted by Gasteiger charge is 2.17. The van der Waals surface area contributed by atoms with Crippen LogP contribution in [0, 0.1) is 0 Å². The Morgan fingerprint density at radius 2 is 2.41 bits per heavy atom. The number of ether oxygens (including phenoxy) is 1. The van der Waals surface area contributed by atoms with Crippen LogP contribution in [0.2, 0.25) is 0 Å². The second-order valence-electron chi connectivity index (χ2n) is 4.56. The second-order valence-corrected chi connectivity index (χ2v) is 4.56. The number of benzene rings is 1. The van der Waals surface area contributed by atoms with Crippen LogP contribution in [0.5, 0.6) is 5.75 Å². The fourth-order valence-corrected chi connectivity index (χ4v) is 2.29. The van der Waals surface area contributed by atoms with Gasteiger partial charge in [-0.2, -0.15) is 0 Å². The Morgan fingerprint density at radius 1 is 1.53 bits per heavy atom. The Kier molecular flexibility index (Phi) is 4.15. The molecule has 3 heteroatoms. The Morgan fingerprint density at radius 3 is 3.12 bits per heavy atom. The molecule has 2 rings (SSSR count). The first-order chi connectivity index (χ1) is 8.28. The van der Waals surface area contributed by atoms with Crippen molar-refractivity contribution >= 4 is 5.78 Å². The molecule has 0 radical (unpaired) electrons. The molecule has 1 aliphatic rings. The van der Waals surface area contributed by atoms with Crippen molar-refractivity contribution in [3.8, 4) is 5.75 Å². The van der Waals surface area contributed by atoms with Gasteiger partial charge < -0.3 is 10.1 Å². The summed E-state index contributed by atoms with van der Waals surface area (Å²) < 4.78 is 5.15. The first-order valence-corrected chi connectivity index (χ1v) is 6.16. The number of rotatable bonds is 5. The van der Waals surface area contributed by atoms with E-state index in [1.165, 1.54) is 6.42 Å². The molecule has 1 heterocycles. The molecular formula is C14H19NO2. The van der Waals surface area contributed by atoms with E-state index in [4.69, 9.17) is 4.74 Å². The number of hydrogen-bond acceptors (Lipinski definition) is 3. The van der Waals surface area contributed by atoms with Gasteiger partial charge >= 0.3 is 0 Å². The normalized spacial score (nSPS) is 19.2. The lowest BCUT2D eigenvalue weighted by molar-refractivity contribution is -0.118. The van der Waals surface area contributed by atoms with Crippen LogP contribution in [-0.2, 0) is 11.2 Å². The molecule has 0 aliphatic carbocycles. The fraction of sp³-hybridized carbons (Fsp3) is 0.500. The minimum Gasteiger partial charge on any atom is -0.497 e. The highest BCUT2D eigenvalue weighted by molar-refractivity contribution is 5.81. The Labute approximate surface area is 102 Å². The average Bonchev–Trinajstić information content (AvgIpc) is 2.82. The van der Waals surface area contributed by atoms with Crippen LogP contribution in [-0.4, -0.2) is 25.5 Å². The third-order valence-electron chi connectivity index (χ3n) is 3.17. The van der Waals surface area contributed by atoms with E-state index in [1.54, 1.807) is 7.11 Å². The van der Waals surface area contributed by atoms with Crippen LogP contribution in [0.15, 0.2) is 24.3 Å². The number of Topliss-reactive ketones (excluding diaryl/α,β-unsaturated/α-hetero) is 1. The maximum atomic E-state index is 11.9. The molecule has 1 N–H and O–H groups in total. The molecule has 0 amide bonds. The largest absolute Gasteiger partial charge is 0.497 e. The van der Waals surface area contributed by atoms with Crippen molar-refractivity contribution in [2.24, 2.45) is 0 Å². The summed E-state index contributed by atoms with van der Waals surface area (Å²) in [6.07, 6.45) is 3.48. The van der Waals surface area contributed by atoms with E-state index in [0.29, 0.717) is 24.7 Å². The summed E-state index contributed by atoms with van der Waals surface area (Å²) in [4.78, 5) is 11.9. The van der Waals surface area contributed by atoms with Crippen LogP contribution < -0.4 is 10.1 Å². The molecule has 1 aromatic rings. The topological polar surface area (TPSA) is 38.3 Å². The first kappa shape index (κ1) is 12.1. The predicted molar refractivity (Wildman–Crippen MR) is 67.3 cm³/mol. The van der Waals surface area contributed by atoms with Gasteiger partial charge in [-0.05, 0) is 37.1 Å². The maximum absolute atomic E-state index is 11.9. The fourth-order valence-electron chi connectivity index (χ4n) is 2.29. The van der Waals surface area contributed by atoms with E-state index >= 15 is 0 Å². The van der Waals surface area contributed by atoms with Crippen molar-refractivity contribution in [1.82, 2.24) is 5.32 Å². The third kappa shape index (κ3) is 3.56. The van der Waals surface area contributed by atoms with Gasteiger partial charge in [0.2, 0.25) is 0 Å². The zero-order valence-corrected chi connectivity index (χ0v) is 10.2. The van der Waals surface area contributed by atoms with E-state index in [0.717, 1.165) is 24.3 Å². The first-order valence-electron chi connectivity index (χ1n) is 6.16. The van der Waals surface area contributed by atoms with Gasteiger partial charge in [-0.25, -0.2) is 0 Å². The monoisotopic (exact) mass is 233 g/mol. The molecule has 1 aliphatic heterocycles. The molecule has 0 saturated carbocycles. The quantitative estimate of drug-likeness (QED) is 0.844. The number of carbonyl (C=O) groups excluding carboxylic acids is 1. The lowest BCUT2D eigenvalue weighted by Crippen LogP contribution is -2.25. The van der Waals surface area contributed by atoms with Crippen LogP contribution in [0.3, 0.4) is 0 Å². The molecule has 0 aromatic heterocycles. The van der Waals surface area contributed by atoms with Crippen molar-refractivity contribution < 1.29 is 9.53 Å². The van der Waals surface area contributed by atoms with Crippen molar-refractivity contribution in [1.29, 1.82) is 0 Å². The van der Waals surface area contributed by atoms with Gasteiger partial charge in [-0.1, -0.05) is 12.1 Å². The Balaban J connectivity index is 1.88. The number of hydrogen-bond donors (Lipinski definition) is 1. The number of nitrogens with one attached hydrogen (secondary N) is 1. The molecule has 1 atom stereocenters. The second kappa shape index (κ2) is 5.82. The van der Waals surface area contributed by atoms with Crippen molar-refractivity contribution in [2.75, 3.05) is 13.7 Å². The standard InChI is InChI=1S/C14H19NO2/c1-17-14-6-2-4-11(9-14)8-13(16)10-12-5-3-7-15-12/h2,4,6,9,12,15H,3,5,7-8,10H2,1H3. The summed E-state index contributed by atoms with van der Waals surface area (Å²) in [5.41, 5.74) is 1.03. The number of ketones is 1. The van der Waals surface area contributed by atoms with Crippen molar-refractivity contribution in [3.63, 3.8) is 0 Å². The molecule has 3 nitrogen and oxygen atoms in total. The SMILES string of the molecule is COc1cccc(CC(=O)CC2CCCN2)c1. The molecule has 1 saturated heterocycles. The summed E-state index contributed by atoms with van der Waals surface area (Å²) >= 11 is 0. The van der Waals surface area contributed by atoms with Gasteiger partial charge in [0.25, 0.3) is 0 Å². The summed E-state index contributed by atoms with van der Waals surface area (Å²) in [5, 5.41) is 3.35. The molecule has 0 bridgehead atoms. The zero-order valence-electron chi connectivity index (χ0n) is 10.2. The zero-order chi connectivity index (χ0) is 12.1. The van der Waals surface area contributed by atoms with Crippen LogP contribution in [0.4, 0.5) is 0 Å². The molecule has 1 aromatic carbocycles. The lowest BCUT2D eigenvalue weighted by atomic mass is 10.0. The van der Waals surface area contributed by atoms with Crippen molar-refractivity contribution in [2.45, 2.75) is 31.7 Å². The van der Waals surface area contributed by atoms with Gasteiger partial charge in [0, 0.05) is 18.9 Å². The Bertz CT molecular complexity index is 384. The van der Waals surface area contributed by atoms with Gasteiger partial charge in [0.15, 0.2) is 0 Å². The van der Waals surface area contributed by atoms with Gasteiger partial charge in [0.05, 0.1) is 7.11 Å². The smallest absolute Gasteiger partial charge is 0.138 e. The van der Waals surface area contributed by atoms with Gasteiger partial charge in [0.1, 0.15) is 11.5 Å². The molecule has 1 fully saturated rings. The molecule has 0 spiro atoms. The summed E-state index contributed by atoms with van der Waals surface area (Å²) in [5.74, 6) is 1.12. The number of carbonyl (C=O) groups is 1. The van der Waals surface area contributed by atoms with E-state index < -0.39 is 0 Å². The van der Waals surface area contributed by atoms with Crippen molar-refractivity contribution in [3.05, 3.63) is 29.8 Å². The highest BCUT2D eigenvalue weighted by atomic mass is 16.5. The summed E-state index contributed by atoms with van der Waals surface area (Å²) in [6.45, 7) is 1.05. The van der Waals surface area contributed by atoms with Crippen LogP contribution in [0.25, 0.3) is 0 Å². The maximum Gasteiger partial charge on any atom is 0.138 e. The highest BCUT2D eigenvalue weighted by Crippen LogP contribution is 2.15. The van der Waals surface area contributed by atoms with Crippen LogP contribution in [0.1, 0.15) is 24.8 Å². The van der Waals surface area contributed by atoms with Crippen LogP contribution >= 0.6 is 0 Å². The molecular weight excluding hydrogens is 214 g/mol. The summed E-state index contributed by atoms with van der Waals surface area (Å²) in [7, 11) is 1.64. The predicted octanol–water partition coefficient (Wildman–Crippen LogP) is 1.95. The van der Waals surface area contributed by atoms with Gasteiger partial charge in [-0.3, -0.25) is 4.79 Å². The average molecular weight is 233 g/mol. The minimum atomic E-state index is 0.303. The van der Waals surface area contributed by atoms with E-state index in [-0.39, 0.29) is 0 Å². The molecule has 1 unspecified atom stereocenters. The van der Waals surface area contributed by atoms with E-state index in [2.05, 4.69) is 5.32 Å². The Hall–Kier alpha value is -1.35. The molecule has 92 valence electrons. The van der Waals surface area contributed by atoms with Gasteiger partial charge in [-0.15, -0.1) is 0 Å². The minimum absolute atomic E-state index is 0.303. The molecule has 17 heavy (non-hydrogen) atoms. The van der Waals surface area contributed by atoms with E-state index in [9.17, 15) is 4.79 Å². The third-order valence-corrected chi connectivity index (χ3v) is 3.17. The summed E-state index contributed by atoms with van der Waals surface area (Å²) in [6, 6.07) is 8.12. The lowest BCUT2D eigenvalue weighted by Gasteiger charge is -2.09. The number of methoxy groups -OCH3 is 1.